The summed E-state index contributed by atoms with van der Waals surface area (Å²) in [4.78, 5) is 42.4. The number of benzene rings is 1. The van der Waals surface area contributed by atoms with E-state index < -0.39 is 29.1 Å². The van der Waals surface area contributed by atoms with E-state index >= 15 is 0 Å². The molecule has 34 heavy (non-hydrogen) atoms. The average Bonchev–Trinajstić information content (AvgIpc) is 3.38. The number of likely N-dealkylation sites (tertiary alicyclic amines) is 1. The van der Waals surface area contributed by atoms with Gasteiger partial charge in [-0.3, -0.25) is 14.4 Å². The van der Waals surface area contributed by atoms with Crippen LogP contribution < -0.4 is 10.6 Å². The highest BCUT2D eigenvalue weighted by molar-refractivity contribution is 6.02. The van der Waals surface area contributed by atoms with Crippen LogP contribution in [-0.4, -0.2) is 64.7 Å². The zero-order chi connectivity index (χ0) is 24.3. The number of nitrogens with zero attached hydrogens (tertiary/aromatic N) is 1. The number of hydrogen-bond acceptors (Lipinski definition) is 5. The number of unbranched alkanes of at least 4 members (excludes halogenated alkanes) is 3. The first-order valence-electron chi connectivity index (χ1n) is 12.6. The molecule has 3 N–H and O–H groups in total. The summed E-state index contributed by atoms with van der Waals surface area (Å²) in [7, 11) is 0. The van der Waals surface area contributed by atoms with E-state index in [-0.39, 0.29) is 24.3 Å². The topological polar surface area (TPSA) is 108 Å². The minimum Gasteiger partial charge on any atom is -0.396 e. The molecule has 0 radical (unpaired) electrons. The summed E-state index contributed by atoms with van der Waals surface area (Å²) in [5, 5.41) is 15.2. The van der Waals surface area contributed by atoms with Crippen molar-refractivity contribution in [2.75, 3.05) is 25.0 Å². The number of aliphatic hydroxyl groups excluding tert-OH is 1. The maximum atomic E-state index is 13.8. The van der Waals surface area contributed by atoms with Gasteiger partial charge in [-0.2, -0.15) is 0 Å². The van der Waals surface area contributed by atoms with Crippen LogP contribution in [0.15, 0.2) is 30.3 Å². The van der Waals surface area contributed by atoms with Crippen molar-refractivity contribution < 1.29 is 24.2 Å². The molecule has 3 saturated heterocycles. The first kappa shape index (κ1) is 24.7. The molecule has 3 heterocycles. The maximum Gasteiger partial charge on any atom is 0.245 e. The van der Waals surface area contributed by atoms with Crippen LogP contribution in [0.5, 0.6) is 0 Å². The van der Waals surface area contributed by atoms with Gasteiger partial charge in [0.25, 0.3) is 0 Å². The highest BCUT2D eigenvalue weighted by Gasteiger charge is 2.77. The Balaban J connectivity index is 1.62. The number of anilines is 1. The van der Waals surface area contributed by atoms with Crippen LogP contribution in [0.3, 0.4) is 0 Å². The predicted octanol–water partition coefficient (Wildman–Crippen LogP) is 2.47. The number of ether oxygens (including phenoxy) is 1. The highest BCUT2D eigenvalue weighted by atomic mass is 16.5. The number of carbonyl (C=O) groups is 3. The molecule has 8 nitrogen and oxygen atoms in total. The summed E-state index contributed by atoms with van der Waals surface area (Å²) in [6.45, 7) is 4.95. The Hall–Kier alpha value is -2.45. The number of carbonyl (C=O) groups excluding carboxylic acids is 3. The van der Waals surface area contributed by atoms with Crippen LogP contribution in [0.1, 0.15) is 58.8 Å². The number of nitrogens with one attached hydrogen (secondary N) is 2. The van der Waals surface area contributed by atoms with Crippen LogP contribution in [-0.2, 0) is 19.1 Å². The molecule has 1 aromatic rings. The van der Waals surface area contributed by atoms with Gasteiger partial charge in [-0.25, -0.2) is 0 Å². The first-order valence-corrected chi connectivity index (χ1v) is 12.6. The van der Waals surface area contributed by atoms with Crippen molar-refractivity contribution in [1.29, 1.82) is 0 Å². The number of rotatable bonds is 11. The second-order valence-corrected chi connectivity index (χ2v) is 10.0. The molecule has 1 spiro atoms. The predicted molar refractivity (Wildman–Crippen MR) is 128 cm³/mol. The van der Waals surface area contributed by atoms with Crippen LogP contribution in [0.2, 0.25) is 0 Å². The summed E-state index contributed by atoms with van der Waals surface area (Å²) >= 11 is 0. The largest absolute Gasteiger partial charge is 0.396 e. The lowest BCUT2D eigenvalue weighted by Gasteiger charge is -2.33. The van der Waals surface area contributed by atoms with Crippen molar-refractivity contribution in [3.05, 3.63) is 30.3 Å². The van der Waals surface area contributed by atoms with Gasteiger partial charge in [-0.15, -0.1) is 0 Å². The van der Waals surface area contributed by atoms with Gasteiger partial charge in [0.1, 0.15) is 11.6 Å². The Morgan fingerprint density at radius 2 is 1.88 bits per heavy atom. The normalized spacial score (nSPS) is 31.6. The van der Waals surface area contributed by atoms with E-state index in [0.29, 0.717) is 44.5 Å². The molecular formula is C26H37N3O5. The molecule has 2 bridgehead atoms. The summed E-state index contributed by atoms with van der Waals surface area (Å²) in [5.41, 5.74) is -1.13. The van der Waals surface area contributed by atoms with E-state index in [4.69, 9.17) is 4.74 Å². The van der Waals surface area contributed by atoms with E-state index in [1.54, 1.807) is 4.90 Å². The van der Waals surface area contributed by atoms with E-state index in [0.717, 1.165) is 19.3 Å². The number of hydrogen-bond donors (Lipinski definition) is 3. The fourth-order valence-corrected chi connectivity index (χ4v) is 6.19. The second kappa shape index (κ2) is 10.0. The van der Waals surface area contributed by atoms with Crippen molar-refractivity contribution in [1.82, 2.24) is 10.2 Å². The Morgan fingerprint density at radius 1 is 1.12 bits per heavy atom. The van der Waals surface area contributed by atoms with Crippen LogP contribution in [0.25, 0.3) is 0 Å². The lowest BCUT2D eigenvalue weighted by Crippen LogP contribution is -2.55. The fraction of sp³-hybridized carbons (Fsp3) is 0.654. The van der Waals surface area contributed by atoms with E-state index in [9.17, 15) is 19.5 Å². The van der Waals surface area contributed by atoms with Gasteiger partial charge in [0.2, 0.25) is 17.7 Å². The van der Waals surface area contributed by atoms with Gasteiger partial charge < -0.3 is 25.4 Å². The Kier molecular flexibility index (Phi) is 7.28. The molecule has 0 saturated carbocycles. The standard InChI is InChI=1S/C26H37N3O5/c1-3-4-8-15-27-23(32)21-26-14-13-25(2,34-26)19(22(31)28-18-11-6-5-7-12-18)20(26)24(33)29(21)16-9-10-17-30/h5-7,11-12,19-21,30H,3-4,8-10,13-17H2,1-2H3,(H,27,32)(H,28,31)/t19-,20+,21?,25+,26?/m1/s1. The van der Waals surface area contributed by atoms with Gasteiger partial charge in [0, 0.05) is 25.4 Å². The van der Waals surface area contributed by atoms with Gasteiger partial charge in [0.05, 0.1) is 17.4 Å². The van der Waals surface area contributed by atoms with Crippen LogP contribution >= 0.6 is 0 Å². The molecule has 3 amide bonds. The molecular weight excluding hydrogens is 434 g/mol. The SMILES string of the molecule is CCCCCNC(=O)C1N(CCCCO)C(=O)[C@@H]2[C@H](C(=O)Nc3ccccc3)[C@]3(C)CCC12O3. The van der Waals surface area contributed by atoms with E-state index in [1.165, 1.54) is 0 Å². The monoisotopic (exact) mass is 471 g/mol. The van der Waals surface area contributed by atoms with Crippen LogP contribution in [0.4, 0.5) is 5.69 Å². The molecule has 8 heteroatoms. The van der Waals surface area contributed by atoms with Crippen molar-refractivity contribution in [3.63, 3.8) is 0 Å². The van der Waals surface area contributed by atoms with E-state index in [1.807, 2.05) is 37.3 Å². The maximum absolute atomic E-state index is 13.8. The lowest BCUT2D eigenvalue weighted by molar-refractivity contribution is -0.145. The number of aliphatic hydroxyl groups is 1. The first-order chi connectivity index (χ1) is 16.4. The minimum atomic E-state index is -1.00. The number of amides is 3. The second-order valence-electron chi connectivity index (χ2n) is 10.0. The molecule has 0 aromatic heterocycles. The third kappa shape index (κ3) is 4.22. The lowest BCUT2D eigenvalue weighted by atomic mass is 9.66. The fourth-order valence-electron chi connectivity index (χ4n) is 6.19. The molecule has 0 aliphatic carbocycles. The van der Waals surface area contributed by atoms with Crippen molar-refractivity contribution >= 4 is 23.4 Å². The molecule has 3 aliphatic rings. The molecule has 2 unspecified atom stereocenters. The van der Waals surface area contributed by atoms with Gasteiger partial charge >= 0.3 is 0 Å². The van der Waals surface area contributed by atoms with E-state index in [2.05, 4.69) is 17.6 Å². The van der Waals surface area contributed by atoms with Gasteiger partial charge in [0.15, 0.2) is 0 Å². The smallest absolute Gasteiger partial charge is 0.245 e. The van der Waals surface area contributed by atoms with Crippen molar-refractivity contribution in [2.45, 2.75) is 76.0 Å². The number of fused-ring (bicyclic) bond motifs is 1. The third-order valence-electron chi connectivity index (χ3n) is 7.74. The molecule has 3 fully saturated rings. The van der Waals surface area contributed by atoms with Gasteiger partial charge in [-0.05, 0) is 51.2 Å². The summed E-state index contributed by atoms with van der Waals surface area (Å²) in [5.74, 6) is -2.01. The minimum absolute atomic E-state index is 0.0289. The van der Waals surface area contributed by atoms with Crippen LogP contribution in [0, 0.1) is 11.8 Å². The molecule has 186 valence electrons. The van der Waals surface area contributed by atoms with Gasteiger partial charge in [-0.1, -0.05) is 38.0 Å². The molecule has 5 atom stereocenters. The zero-order valence-electron chi connectivity index (χ0n) is 20.2. The molecule has 3 aliphatic heterocycles. The van der Waals surface area contributed by atoms with Crippen molar-refractivity contribution in [3.8, 4) is 0 Å². The summed E-state index contributed by atoms with van der Waals surface area (Å²) in [6.07, 6.45) is 5.27. The Bertz CT molecular complexity index is 909. The Morgan fingerprint density at radius 3 is 2.59 bits per heavy atom. The quantitative estimate of drug-likeness (QED) is 0.430. The summed E-state index contributed by atoms with van der Waals surface area (Å²) in [6, 6.07) is 8.43. The molecule has 4 rings (SSSR count). The van der Waals surface area contributed by atoms with Crippen molar-refractivity contribution in [2.24, 2.45) is 11.8 Å². The highest BCUT2D eigenvalue weighted by Crippen LogP contribution is 2.63. The zero-order valence-corrected chi connectivity index (χ0v) is 20.2. The number of para-hydroxylation sites is 1. The summed E-state index contributed by atoms with van der Waals surface area (Å²) < 4.78 is 6.58. The Labute approximate surface area is 201 Å². The molecule has 1 aromatic carbocycles. The third-order valence-corrected chi connectivity index (χ3v) is 7.74. The average molecular weight is 472 g/mol.